The Balaban J connectivity index is 2.62. The highest BCUT2D eigenvalue weighted by Crippen LogP contribution is 2.24. The van der Waals surface area contributed by atoms with Gasteiger partial charge in [-0.2, -0.15) is 0 Å². The molecule has 1 aromatic carbocycles. The van der Waals surface area contributed by atoms with Crippen molar-refractivity contribution in [3.63, 3.8) is 0 Å². The Morgan fingerprint density at radius 2 is 1.69 bits per heavy atom. The second-order valence-corrected chi connectivity index (χ2v) is 5.72. The minimum absolute atomic E-state index is 0.0780. The van der Waals surface area contributed by atoms with E-state index in [1.54, 1.807) is 23.8 Å². The molecule has 1 rings (SSSR count). The van der Waals surface area contributed by atoms with Crippen LogP contribution in [0.15, 0.2) is 24.3 Å². The summed E-state index contributed by atoms with van der Waals surface area (Å²) in [5.41, 5.74) is 0.333. The molecule has 0 bridgehead atoms. The van der Waals surface area contributed by atoms with E-state index in [1.165, 1.54) is 12.1 Å². The number of amides is 2. The van der Waals surface area contributed by atoms with Gasteiger partial charge >= 0.3 is 6.36 Å². The lowest BCUT2D eigenvalue weighted by Crippen LogP contribution is -2.46. The summed E-state index contributed by atoms with van der Waals surface area (Å²) in [6.45, 7) is 6.68. The van der Waals surface area contributed by atoms with E-state index >= 15 is 0 Å². The van der Waals surface area contributed by atoms with E-state index < -0.39 is 12.4 Å². The molecule has 0 heterocycles. The van der Waals surface area contributed by atoms with Crippen LogP contribution in [-0.2, 0) is 9.59 Å². The van der Waals surface area contributed by atoms with Crippen LogP contribution in [-0.4, -0.2) is 60.7 Å². The molecule has 1 N–H and O–H groups in total. The topological polar surface area (TPSA) is 61.9 Å². The van der Waals surface area contributed by atoms with E-state index in [1.807, 2.05) is 13.8 Å². The van der Waals surface area contributed by atoms with Gasteiger partial charge in [0.2, 0.25) is 11.8 Å². The number of halogens is 3. The number of hydrogen-bond donors (Lipinski definition) is 1. The first-order chi connectivity index (χ1) is 12.1. The molecule has 0 aromatic heterocycles. The lowest BCUT2D eigenvalue weighted by atomic mass is 10.2. The average molecular weight is 375 g/mol. The van der Waals surface area contributed by atoms with E-state index in [4.69, 9.17) is 0 Å². The fourth-order valence-corrected chi connectivity index (χ4v) is 2.21. The zero-order valence-corrected chi connectivity index (χ0v) is 15.3. The summed E-state index contributed by atoms with van der Waals surface area (Å²) in [5.74, 6) is -0.819. The fraction of sp³-hybridized carbons (Fsp3) is 0.529. The maximum absolute atomic E-state index is 12.3. The number of nitrogens with one attached hydrogen (secondary N) is 1. The minimum atomic E-state index is -4.76. The highest BCUT2D eigenvalue weighted by molar-refractivity contribution is 5.95. The quantitative estimate of drug-likeness (QED) is 0.759. The lowest BCUT2D eigenvalue weighted by Gasteiger charge is -2.26. The molecule has 0 aliphatic carbocycles. The molecule has 2 amide bonds. The summed E-state index contributed by atoms with van der Waals surface area (Å²) in [6.07, 6.45) is -4.76. The van der Waals surface area contributed by atoms with Gasteiger partial charge in [0.1, 0.15) is 5.75 Å². The number of nitrogens with zero attached hydrogens (tertiary/aromatic N) is 2. The number of carbonyl (C=O) groups excluding carboxylic acids is 2. The Kier molecular flexibility index (Phi) is 7.88. The average Bonchev–Trinajstić information content (AvgIpc) is 2.55. The van der Waals surface area contributed by atoms with Crippen LogP contribution in [0.5, 0.6) is 5.75 Å². The third kappa shape index (κ3) is 6.91. The van der Waals surface area contributed by atoms with Crippen molar-refractivity contribution >= 4 is 17.5 Å². The van der Waals surface area contributed by atoms with Crippen LogP contribution >= 0.6 is 0 Å². The van der Waals surface area contributed by atoms with Crippen molar-refractivity contribution in [3.8, 4) is 5.75 Å². The maximum atomic E-state index is 12.3. The molecule has 1 aromatic rings. The van der Waals surface area contributed by atoms with Crippen LogP contribution in [0.25, 0.3) is 0 Å². The number of ether oxygens (including phenoxy) is 1. The second-order valence-electron chi connectivity index (χ2n) is 5.72. The largest absolute Gasteiger partial charge is 0.573 e. The van der Waals surface area contributed by atoms with Crippen molar-refractivity contribution in [2.24, 2.45) is 0 Å². The van der Waals surface area contributed by atoms with E-state index in [9.17, 15) is 22.8 Å². The summed E-state index contributed by atoms with van der Waals surface area (Å²) in [6, 6.07) is 4.25. The molecule has 6 nitrogen and oxygen atoms in total. The van der Waals surface area contributed by atoms with Crippen LogP contribution in [0.4, 0.5) is 18.9 Å². The normalized spacial score (nSPS) is 12.6. The van der Waals surface area contributed by atoms with Gasteiger partial charge in [0.25, 0.3) is 0 Å². The number of carbonyl (C=O) groups is 2. The molecule has 0 aliphatic rings. The van der Waals surface area contributed by atoms with Gasteiger partial charge < -0.3 is 15.0 Å². The molecule has 26 heavy (non-hydrogen) atoms. The van der Waals surface area contributed by atoms with Crippen molar-refractivity contribution in [2.45, 2.75) is 33.2 Å². The van der Waals surface area contributed by atoms with Gasteiger partial charge in [0, 0.05) is 18.8 Å². The monoisotopic (exact) mass is 375 g/mol. The Morgan fingerprint density at radius 1 is 1.15 bits per heavy atom. The number of likely N-dealkylation sites (N-methyl/N-ethyl adjacent to an activating group) is 2. The first-order valence-corrected chi connectivity index (χ1v) is 8.22. The molecular formula is C17H24F3N3O3. The first-order valence-electron chi connectivity index (χ1n) is 8.22. The van der Waals surface area contributed by atoms with Crippen LogP contribution in [0.3, 0.4) is 0 Å². The van der Waals surface area contributed by atoms with Crippen LogP contribution in [0, 0.1) is 0 Å². The van der Waals surface area contributed by atoms with E-state index in [2.05, 4.69) is 10.1 Å². The Hall–Kier alpha value is -2.29. The number of alkyl halides is 3. The highest BCUT2D eigenvalue weighted by Gasteiger charge is 2.31. The maximum Gasteiger partial charge on any atom is 0.573 e. The molecule has 146 valence electrons. The fourth-order valence-electron chi connectivity index (χ4n) is 2.21. The first kappa shape index (κ1) is 21.8. The Labute approximate surface area is 150 Å². The van der Waals surface area contributed by atoms with Gasteiger partial charge in [0.15, 0.2) is 0 Å². The summed E-state index contributed by atoms with van der Waals surface area (Å²) in [5, 5.41) is 2.60. The SMILES string of the molecule is CCN(CC)C(=O)CN(C)C(C)C(=O)Nc1ccc(OC(F)(F)F)cc1. The zero-order chi connectivity index (χ0) is 19.9. The molecule has 0 radical (unpaired) electrons. The lowest BCUT2D eigenvalue weighted by molar-refractivity contribution is -0.274. The summed E-state index contributed by atoms with van der Waals surface area (Å²) in [4.78, 5) is 27.6. The van der Waals surface area contributed by atoms with Crippen molar-refractivity contribution in [3.05, 3.63) is 24.3 Å². The van der Waals surface area contributed by atoms with Crippen molar-refractivity contribution < 1.29 is 27.5 Å². The van der Waals surface area contributed by atoms with Gasteiger partial charge in [-0.3, -0.25) is 14.5 Å². The van der Waals surface area contributed by atoms with Crippen LogP contribution < -0.4 is 10.1 Å². The zero-order valence-electron chi connectivity index (χ0n) is 15.3. The minimum Gasteiger partial charge on any atom is -0.406 e. The summed E-state index contributed by atoms with van der Waals surface area (Å²) < 4.78 is 40.2. The number of rotatable bonds is 8. The molecule has 0 saturated heterocycles. The molecular weight excluding hydrogens is 351 g/mol. The molecule has 1 unspecified atom stereocenters. The molecule has 1 atom stereocenters. The van der Waals surface area contributed by atoms with Crippen LogP contribution in [0.2, 0.25) is 0 Å². The van der Waals surface area contributed by atoms with Crippen molar-refractivity contribution in [1.82, 2.24) is 9.80 Å². The number of hydrogen-bond acceptors (Lipinski definition) is 4. The van der Waals surface area contributed by atoms with Gasteiger partial charge in [-0.05, 0) is 52.1 Å². The summed E-state index contributed by atoms with van der Waals surface area (Å²) in [7, 11) is 1.66. The molecule has 0 spiro atoms. The van der Waals surface area contributed by atoms with E-state index in [-0.39, 0.29) is 24.1 Å². The number of benzene rings is 1. The second kappa shape index (κ2) is 9.42. The van der Waals surface area contributed by atoms with Crippen molar-refractivity contribution in [1.29, 1.82) is 0 Å². The predicted molar refractivity (Wildman–Crippen MR) is 91.8 cm³/mol. The van der Waals surface area contributed by atoms with Gasteiger partial charge in [-0.1, -0.05) is 0 Å². The van der Waals surface area contributed by atoms with Crippen molar-refractivity contribution in [2.75, 3.05) is 32.0 Å². The van der Waals surface area contributed by atoms with Crippen LogP contribution in [0.1, 0.15) is 20.8 Å². The van der Waals surface area contributed by atoms with E-state index in [0.717, 1.165) is 12.1 Å². The van der Waals surface area contributed by atoms with Gasteiger partial charge in [0.05, 0.1) is 12.6 Å². The van der Waals surface area contributed by atoms with E-state index in [0.29, 0.717) is 18.8 Å². The van der Waals surface area contributed by atoms with Gasteiger partial charge in [-0.25, -0.2) is 0 Å². The standard InChI is InChI=1S/C17H24F3N3O3/c1-5-23(6-2)15(24)11-22(4)12(3)16(25)21-13-7-9-14(10-8-13)26-17(18,19)20/h7-10,12H,5-6,11H2,1-4H3,(H,21,25). The third-order valence-electron chi connectivity index (χ3n) is 3.90. The number of anilines is 1. The Bertz CT molecular complexity index is 602. The van der Waals surface area contributed by atoms with Gasteiger partial charge in [-0.15, -0.1) is 13.2 Å². The molecule has 0 saturated carbocycles. The third-order valence-corrected chi connectivity index (χ3v) is 3.90. The Morgan fingerprint density at radius 3 is 2.15 bits per heavy atom. The predicted octanol–water partition coefficient (Wildman–Crippen LogP) is 2.71. The summed E-state index contributed by atoms with van der Waals surface area (Å²) >= 11 is 0. The molecule has 0 fully saturated rings. The highest BCUT2D eigenvalue weighted by atomic mass is 19.4. The molecule has 9 heteroatoms. The molecule has 0 aliphatic heterocycles. The smallest absolute Gasteiger partial charge is 0.406 e.